The fraction of sp³-hybridized carbons (Fsp3) is 0.217. The van der Waals surface area contributed by atoms with Crippen LogP contribution in [0.3, 0.4) is 0 Å². The number of anilines is 2. The van der Waals surface area contributed by atoms with Crippen molar-refractivity contribution in [3.05, 3.63) is 82.4 Å². The van der Waals surface area contributed by atoms with Gasteiger partial charge in [-0.05, 0) is 47.4 Å². The summed E-state index contributed by atoms with van der Waals surface area (Å²) in [5, 5.41) is 11.0. The molecule has 0 aliphatic carbocycles. The van der Waals surface area contributed by atoms with E-state index in [9.17, 15) is 22.7 Å². The molecule has 2 aromatic carbocycles. The second-order valence-electron chi connectivity index (χ2n) is 8.65. The van der Waals surface area contributed by atoms with Crippen LogP contribution in [0.4, 0.5) is 15.8 Å². The highest BCUT2D eigenvalue weighted by Gasteiger charge is 2.41. The summed E-state index contributed by atoms with van der Waals surface area (Å²) in [6.45, 7) is 6.06. The van der Waals surface area contributed by atoms with Crippen LogP contribution in [0.2, 0.25) is 5.02 Å². The predicted molar refractivity (Wildman–Crippen MR) is 123 cm³/mol. The van der Waals surface area contributed by atoms with E-state index in [0.717, 1.165) is 22.7 Å². The van der Waals surface area contributed by atoms with Gasteiger partial charge in [-0.25, -0.2) is 13.4 Å². The van der Waals surface area contributed by atoms with Crippen molar-refractivity contribution in [2.75, 3.05) is 9.62 Å². The Kier molecular flexibility index (Phi) is 5.68. The normalized spacial score (nSPS) is 16.1. The molecule has 1 atom stereocenters. The number of halogens is 2. The van der Waals surface area contributed by atoms with Gasteiger partial charge in [0.2, 0.25) is 5.95 Å². The second kappa shape index (κ2) is 8.09. The fourth-order valence-corrected chi connectivity index (χ4v) is 4.96. The SMILES string of the molecule is CC(C)(C)c1ccc(S(=O)(=O)Nc2ccc(Cl)c3c2C(O)N(c2ccc(F)nc2)C3=O)cc1. The average Bonchev–Trinajstić information content (AvgIpc) is 3.02. The second-order valence-corrected chi connectivity index (χ2v) is 10.7. The highest BCUT2D eigenvalue weighted by atomic mass is 35.5. The zero-order valence-electron chi connectivity index (χ0n) is 18.0. The van der Waals surface area contributed by atoms with Crippen molar-refractivity contribution in [1.82, 2.24) is 4.98 Å². The van der Waals surface area contributed by atoms with Gasteiger partial charge < -0.3 is 5.11 Å². The summed E-state index contributed by atoms with van der Waals surface area (Å²) >= 11 is 6.22. The molecule has 1 amide bonds. The van der Waals surface area contributed by atoms with E-state index >= 15 is 0 Å². The number of carbonyl (C=O) groups is 1. The molecule has 0 fully saturated rings. The Bertz CT molecular complexity index is 1340. The number of nitrogens with zero attached hydrogens (tertiary/aromatic N) is 2. The third-order valence-electron chi connectivity index (χ3n) is 5.40. The smallest absolute Gasteiger partial charge is 0.262 e. The Balaban J connectivity index is 1.72. The first-order valence-electron chi connectivity index (χ1n) is 9.99. The summed E-state index contributed by atoms with van der Waals surface area (Å²) in [5.41, 5.74) is 0.929. The Morgan fingerprint density at radius 3 is 2.33 bits per heavy atom. The highest BCUT2D eigenvalue weighted by Crippen LogP contribution is 2.43. The van der Waals surface area contributed by atoms with Crippen LogP contribution in [0.15, 0.2) is 59.6 Å². The van der Waals surface area contributed by atoms with Gasteiger partial charge in [-0.2, -0.15) is 4.39 Å². The summed E-state index contributed by atoms with van der Waals surface area (Å²) in [4.78, 5) is 17.5. The molecule has 172 valence electrons. The fourth-order valence-electron chi connectivity index (χ4n) is 3.63. The first kappa shape index (κ1) is 23.2. The van der Waals surface area contributed by atoms with E-state index in [-0.39, 0.29) is 37.8 Å². The van der Waals surface area contributed by atoms with Crippen LogP contribution in [-0.2, 0) is 15.4 Å². The van der Waals surface area contributed by atoms with E-state index in [1.54, 1.807) is 12.1 Å². The van der Waals surface area contributed by atoms with Crippen molar-refractivity contribution in [3.8, 4) is 0 Å². The van der Waals surface area contributed by atoms with Gasteiger partial charge in [-0.1, -0.05) is 44.5 Å². The standard InChI is InChI=1S/C23H21ClFN3O4S/c1-23(2,3)13-4-7-15(8-5-13)33(31,32)27-17-10-9-16(24)19-20(17)22(30)28(21(19)29)14-6-11-18(25)26-12-14/h4-12,22,27,30H,1-3H3. The molecular weight excluding hydrogens is 469 g/mol. The molecule has 0 spiro atoms. The van der Waals surface area contributed by atoms with Gasteiger partial charge in [0.1, 0.15) is 0 Å². The quantitative estimate of drug-likeness (QED) is 0.521. The van der Waals surface area contributed by atoms with Crippen LogP contribution in [0.1, 0.15) is 48.5 Å². The largest absolute Gasteiger partial charge is 0.369 e. The van der Waals surface area contributed by atoms with Gasteiger partial charge >= 0.3 is 0 Å². The van der Waals surface area contributed by atoms with Gasteiger partial charge in [0, 0.05) is 5.56 Å². The maximum atomic E-state index is 13.2. The average molecular weight is 490 g/mol. The molecule has 0 radical (unpaired) electrons. The summed E-state index contributed by atoms with van der Waals surface area (Å²) in [6.07, 6.45) is -0.462. The number of fused-ring (bicyclic) bond motifs is 1. The number of rotatable bonds is 4. The van der Waals surface area contributed by atoms with Gasteiger partial charge in [-0.3, -0.25) is 14.4 Å². The van der Waals surface area contributed by atoms with Crippen LogP contribution < -0.4 is 9.62 Å². The zero-order valence-corrected chi connectivity index (χ0v) is 19.6. The number of benzene rings is 2. The number of aliphatic hydroxyl groups excluding tert-OH is 1. The summed E-state index contributed by atoms with van der Waals surface area (Å²) in [7, 11) is -4.03. The highest BCUT2D eigenvalue weighted by molar-refractivity contribution is 7.92. The predicted octanol–water partition coefficient (Wildman–Crippen LogP) is 4.62. The van der Waals surface area contributed by atoms with Crippen molar-refractivity contribution < 1.29 is 22.7 Å². The maximum absolute atomic E-state index is 13.2. The van der Waals surface area contributed by atoms with Crippen molar-refractivity contribution in [3.63, 3.8) is 0 Å². The lowest BCUT2D eigenvalue weighted by Crippen LogP contribution is -2.28. The van der Waals surface area contributed by atoms with E-state index in [0.29, 0.717) is 0 Å². The van der Waals surface area contributed by atoms with E-state index < -0.39 is 28.1 Å². The Labute approximate surface area is 195 Å². The van der Waals surface area contributed by atoms with E-state index in [4.69, 9.17) is 11.6 Å². The summed E-state index contributed by atoms with van der Waals surface area (Å²) in [6, 6.07) is 11.6. The number of hydrogen-bond donors (Lipinski definition) is 2. The Morgan fingerprint density at radius 2 is 1.76 bits per heavy atom. The number of aliphatic hydroxyl groups is 1. The van der Waals surface area contributed by atoms with Crippen LogP contribution in [-0.4, -0.2) is 24.4 Å². The lowest BCUT2D eigenvalue weighted by molar-refractivity contribution is 0.0935. The molecule has 0 saturated heterocycles. The molecule has 1 unspecified atom stereocenters. The monoisotopic (exact) mass is 489 g/mol. The van der Waals surface area contributed by atoms with Crippen molar-refractivity contribution in [2.45, 2.75) is 37.3 Å². The minimum Gasteiger partial charge on any atom is -0.369 e. The van der Waals surface area contributed by atoms with Crippen LogP contribution >= 0.6 is 11.6 Å². The summed E-state index contributed by atoms with van der Waals surface area (Å²) in [5.74, 6) is -1.41. The molecular formula is C23H21ClFN3O4S. The molecule has 2 heterocycles. The molecule has 1 aliphatic heterocycles. The third kappa shape index (κ3) is 4.19. The third-order valence-corrected chi connectivity index (χ3v) is 7.09. The van der Waals surface area contributed by atoms with Crippen LogP contribution in [0.25, 0.3) is 0 Å². The number of amides is 1. The first-order chi connectivity index (χ1) is 15.4. The topological polar surface area (TPSA) is 99.6 Å². The van der Waals surface area contributed by atoms with Crippen molar-refractivity contribution >= 4 is 38.9 Å². The van der Waals surface area contributed by atoms with Gasteiger partial charge in [0.25, 0.3) is 15.9 Å². The molecule has 33 heavy (non-hydrogen) atoms. The number of aromatic nitrogens is 1. The van der Waals surface area contributed by atoms with Crippen LogP contribution in [0, 0.1) is 5.95 Å². The minimum absolute atomic E-state index is 0.00621. The van der Waals surface area contributed by atoms with E-state index in [1.807, 2.05) is 20.8 Å². The molecule has 4 rings (SSSR count). The molecule has 2 N–H and O–H groups in total. The molecule has 0 bridgehead atoms. The van der Waals surface area contributed by atoms with Gasteiger partial charge in [-0.15, -0.1) is 0 Å². The number of nitrogens with one attached hydrogen (secondary N) is 1. The van der Waals surface area contributed by atoms with Gasteiger partial charge in [0.15, 0.2) is 6.23 Å². The van der Waals surface area contributed by atoms with E-state index in [2.05, 4.69) is 9.71 Å². The number of carbonyl (C=O) groups excluding carboxylic acids is 1. The van der Waals surface area contributed by atoms with Crippen LogP contribution in [0.5, 0.6) is 0 Å². The number of pyridine rings is 1. The molecule has 1 aromatic heterocycles. The van der Waals surface area contributed by atoms with Crippen molar-refractivity contribution in [2.24, 2.45) is 0 Å². The maximum Gasteiger partial charge on any atom is 0.262 e. The lowest BCUT2D eigenvalue weighted by atomic mass is 9.87. The molecule has 3 aromatic rings. The first-order valence-corrected chi connectivity index (χ1v) is 11.9. The summed E-state index contributed by atoms with van der Waals surface area (Å²) < 4.78 is 41.8. The lowest BCUT2D eigenvalue weighted by Gasteiger charge is -2.21. The number of sulfonamides is 1. The molecule has 0 saturated carbocycles. The Hall–Kier alpha value is -3.01. The molecule has 1 aliphatic rings. The van der Waals surface area contributed by atoms with E-state index in [1.165, 1.54) is 30.3 Å². The zero-order chi connectivity index (χ0) is 24.1. The minimum atomic E-state index is -4.03. The number of hydrogen-bond acceptors (Lipinski definition) is 5. The Morgan fingerprint density at radius 1 is 1.09 bits per heavy atom. The molecule has 10 heteroatoms. The van der Waals surface area contributed by atoms with Crippen molar-refractivity contribution in [1.29, 1.82) is 0 Å². The van der Waals surface area contributed by atoms with Gasteiger partial charge in [0.05, 0.1) is 33.1 Å². The molecule has 7 nitrogen and oxygen atoms in total.